The van der Waals surface area contributed by atoms with Crippen LogP contribution in [0.2, 0.25) is 0 Å². The first-order chi connectivity index (χ1) is 8.75. The first-order valence-electron chi connectivity index (χ1n) is 6.56. The summed E-state index contributed by atoms with van der Waals surface area (Å²) in [6.45, 7) is 3.61. The molecule has 0 spiro atoms. The van der Waals surface area contributed by atoms with Crippen LogP contribution in [0.1, 0.15) is 19.8 Å². The van der Waals surface area contributed by atoms with Crippen molar-refractivity contribution in [1.29, 1.82) is 0 Å². The fraction of sp³-hybridized carbons (Fsp3) is 0.500. The zero-order chi connectivity index (χ0) is 12.5. The second-order valence-corrected chi connectivity index (χ2v) is 4.97. The largest absolute Gasteiger partial charge is 0.479 e. The van der Waals surface area contributed by atoms with Gasteiger partial charge in [0.25, 0.3) is 5.91 Å². The van der Waals surface area contributed by atoms with Gasteiger partial charge in [0.05, 0.1) is 5.69 Å². The maximum Gasteiger partial charge on any atom is 0.267 e. The summed E-state index contributed by atoms with van der Waals surface area (Å²) >= 11 is 0. The van der Waals surface area contributed by atoms with E-state index in [9.17, 15) is 4.79 Å². The summed E-state index contributed by atoms with van der Waals surface area (Å²) in [6.07, 6.45) is 1.95. The Morgan fingerprint density at radius 1 is 1.44 bits per heavy atom. The van der Waals surface area contributed by atoms with Crippen molar-refractivity contribution in [2.24, 2.45) is 0 Å². The highest BCUT2D eigenvalue weighted by Gasteiger charge is 2.33. The number of hydrogen-bond acceptors (Lipinski definition) is 3. The standard InChI is InChI=1S/C14H18N2O2/c1-10-14(17)16(9-11-5-4-8-15-11)12-6-2-3-7-13(12)18-10/h2-3,6-7,10-11,15H,4-5,8-9H2,1H3/t10?,11-/m1/s1. The third-order valence-electron chi connectivity index (χ3n) is 3.64. The molecule has 1 saturated heterocycles. The molecule has 1 aromatic carbocycles. The van der Waals surface area contributed by atoms with Crippen molar-refractivity contribution in [3.8, 4) is 5.75 Å². The number of fused-ring (bicyclic) bond motifs is 1. The Kier molecular flexibility index (Phi) is 2.96. The van der Waals surface area contributed by atoms with Gasteiger partial charge >= 0.3 is 0 Å². The van der Waals surface area contributed by atoms with Crippen LogP contribution in [0.25, 0.3) is 0 Å². The van der Waals surface area contributed by atoms with Gasteiger partial charge in [0.15, 0.2) is 6.10 Å². The van der Waals surface area contributed by atoms with Crippen LogP contribution in [0.5, 0.6) is 5.75 Å². The van der Waals surface area contributed by atoms with Crippen molar-refractivity contribution >= 4 is 11.6 Å². The maximum absolute atomic E-state index is 12.2. The van der Waals surface area contributed by atoms with Gasteiger partial charge in [-0.1, -0.05) is 12.1 Å². The van der Waals surface area contributed by atoms with Crippen LogP contribution in [0.3, 0.4) is 0 Å². The molecule has 0 aliphatic carbocycles. The first kappa shape index (κ1) is 11.5. The molecule has 0 aromatic heterocycles. The normalized spacial score (nSPS) is 26.9. The Hall–Kier alpha value is -1.55. The molecule has 0 bridgehead atoms. The molecule has 0 radical (unpaired) electrons. The Morgan fingerprint density at radius 3 is 3.06 bits per heavy atom. The van der Waals surface area contributed by atoms with Gasteiger partial charge < -0.3 is 15.0 Å². The lowest BCUT2D eigenvalue weighted by atomic mass is 10.1. The average molecular weight is 246 g/mol. The van der Waals surface area contributed by atoms with Crippen molar-refractivity contribution in [2.45, 2.75) is 31.9 Å². The van der Waals surface area contributed by atoms with Crippen molar-refractivity contribution in [1.82, 2.24) is 5.32 Å². The Labute approximate surface area is 107 Å². The molecule has 4 heteroatoms. The number of rotatable bonds is 2. The van der Waals surface area contributed by atoms with E-state index < -0.39 is 0 Å². The number of carbonyl (C=O) groups excluding carboxylic acids is 1. The van der Waals surface area contributed by atoms with Gasteiger partial charge in [0.1, 0.15) is 5.75 Å². The molecule has 1 unspecified atom stereocenters. The number of amides is 1. The van der Waals surface area contributed by atoms with Gasteiger partial charge in [-0.05, 0) is 38.4 Å². The lowest BCUT2D eigenvalue weighted by molar-refractivity contribution is -0.125. The third-order valence-corrected chi connectivity index (χ3v) is 3.64. The third kappa shape index (κ3) is 1.97. The van der Waals surface area contributed by atoms with Crippen molar-refractivity contribution in [2.75, 3.05) is 18.0 Å². The van der Waals surface area contributed by atoms with Gasteiger partial charge in [-0.3, -0.25) is 4.79 Å². The van der Waals surface area contributed by atoms with Crippen LogP contribution in [0.4, 0.5) is 5.69 Å². The van der Waals surface area contributed by atoms with Gasteiger partial charge in [0.2, 0.25) is 0 Å². The fourth-order valence-corrected chi connectivity index (χ4v) is 2.68. The van der Waals surface area contributed by atoms with E-state index in [0.717, 1.165) is 30.9 Å². The van der Waals surface area contributed by atoms with E-state index in [1.54, 1.807) is 0 Å². The summed E-state index contributed by atoms with van der Waals surface area (Å²) in [6, 6.07) is 8.17. The number of hydrogen-bond donors (Lipinski definition) is 1. The molecule has 2 atom stereocenters. The van der Waals surface area contributed by atoms with E-state index in [-0.39, 0.29) is 12.0 Å². The number of carbonyl (C=O) groups is 1. The molecule has 3 rings (SSSR count). The molecule has 96 valence electrons. The topological polar surface area (TPSA) is 41.6 Å². The van der Waals surface area contributed by atoms with Crippen molar-refractivity contribution < 1.29 is 9.53 Å². The van der Waals surface area contributed by atoms with E-state index >= 15 is 0 Å². The molecular weight excluding hydrogens is 228 g/mol. The average Bonchev–Trinajstić information content (AvgIpc) is 2.88. The number of anilines is 1. The Balaban J connectivity index is 1.88. The van der Waals surface area contributed by atoms with Crippen LogP contribution in [0.15, 0.2) is 24.3 Å². The lowest BCUT2D eigenvalue weighted by Gasteiger charge is -2.34. The summed E-state index contributed by atoms with van der Waals surface area (Å²) in [5.74, 6) is 0.866. The van der Waals surface area contributed by atoms with Crippen LogP contribution < -0.4 is 15.0 Å². The van der Waals surface area contributed by atoms with E-state index in [1.165, 1.54) is 6.42 Å². The van der Waals surface area contributed by atoms with Crippen LogP contribution in [-0.4, -0.2) is 31.1 Å². The number of para-hydroxylation sites is 2. The summed E-state index contributed by atoms with van der Waals surface area (Å²) < 4.78 is 5.63. The Bertz CT molecular complexity index is 455. The number of nitrogens with one attached hydrogen (secondary N) is 1. The van der Waals surface area contributed by atoms with Crippen LogP contribution >= 0.6 is 0 Å². The minimum absolute atomic E-state index is 0.0578. The van der Waals surface area contributed by atoms with E-state index in [1.807, 2.05) is 36.1 Å². The van der Waals surface area contributed by atoms with Crippen LogP contribution in [-0.2, 0) is 4.79 Å². The minimum atomic E-state index is -0.388. The number of ether oxygens (including phenoxy) is 1. The highest BCUT2D eigenvalue weighted by atomic mass is 16.5. The molecule has 1 N–H and O–H groups in total. The molecule has 0 saturated carbocycles. The summed E-state index contributed by atoms with van der Waals surface area (Å²) in [5, 5.41) is 3.44. The van der Waals surface area contributed by atoms with Gasteiger partial charge in [-0.2, -0.15) is 0 Å². The van der Waals surface area contributed by atoms with Crippen LogP contribution in [0, 0.1) is 0 Å². The number of nitrogens with zero attached hydrogens (tertiary/aromatic N) is 1. The molecule has 1 fully saturated rings. The van der Waals surface area contributed by atoms with E-state index in [2.05, 4.69) is 5.32 Å². The predicted molar refractivity (Wildman–Crippen MR) is 69.9 cm³/mol. The lowest BCUT2D eigenvalue weighted by Crippen LogP contribution is -2.49. The highest BCUT2D eigenvalue weighted by molar-refractivity contribution is 5.99. The van der Waals surface area contributed by atoms with E-state index in [4.69, 9.17) is 4.74 Å². The quantitative estimate of drug-likeness (QED) is 0.861. The summed E-state index contributed by atoms with van der Waals surface area (Å²) in [5.41, 5.74) is 0.898. The molecule has 1 amide bonds. The molecule has 4 nitrogen and oxygen atoms in total. The minimum Gasteiger partial charge on any atom is -0.479 e. The highest BCUT2D eigenvalue weighted by Crippen LogP contribution is 2.33. The van der Waals surface area contributed by atoms with Crippen molar-refractivity contribution in [3.63, 3.8) is 0 Å². The number of benzene rings is 1. The zero-order valence-corrected chi connectivity index (χ0v) is 10.6. The monoisotopic (exact) mass is 246 g/mol. The summed E-state index contributed by atoms with van der Waals surface area (Å²) in [7, 11) is 0. The predicted octanol–water partition coefficient (Wildman–Crippen LogP) is 1.55. The maximum atomic E-state index is 12.2. The molecule has 2 aliphatic rings. The first-order valence-corrected chi connectivity index (χ1v) is 6.56. The van der Waals surface area contributed by atoms with E-state index in [0.29, 0.717) is 6.04 Å². The molecule has 2 heterocycles. The fourth-order valence-electron chi connectivity index (χ4n) is 2.68. The second-order valence-electron chi connectivity index (χ2n) is 4.97. The molecule has 18 heavy (non-hydrogen) atoms. The SMILES string of the molecule is CC1Oc2ccccc2N(C[C@H]2CCCN2)C1=O. The molecular formula is C14H18N2O2. The van der Waals surface area contributed by atoms with Gasteiger partial charge in [0, 0.05) is 12.6 Å². The molecule has 2 aliphatic heterocycles. The van der Waals surface area contributed by atoms with Gasteiger partial charge in [-0.25, -0.2) is 0 Å². The van der Waals surface area contributed by atoms with Crippen molar-refractivity contribution in [3.05, 3.63) is 24.3 Å². The molecule has 1 aromatic rings. The second kappa shape index (κ2) is 4.61. The Morgan fingerprint density at radius 2 is 2.28 bits per heavy atom. The smallest absolute Gasteiger partial charge is 0.267 e. The summed E-state index contributed by atoms with van der Waals surface area (Å²) in [4.78, 5) is 14.1. The van der Waals surface area contributed by atoms with Gasteiger partial charge in [-0.15, -0.1) is 0 Å². The zero-order valence-electron chi connectivity index (χ0n) is 10.6.